The number of nitrogens with one attached hydrogen (secondary N) is 2. The molecule has 0 radical (unpaired) electrons. The number of fused-ring (bicyclic) bond motifs is 1. The molecule has 3 heterocycles. The Morgan fingerprint density at radius 3 is 2.24 bits per heavy atom. The van der Waals surface area contributed by atoms with Crippen LogP contribution in [0.5, 0.6) is 5.88 Å². The number of amides is 1. The third-order valence-corrected chi connectivity index (χ3v) is 8.10. The van der Waals surface area contributed by atoms with E-state index >= 15 is 0 Å². The molecule has 0 saturated carbocycles. The second kappa shape index (κ2) is 16.9. The molecule has 0 aliphatic carbocycles. The molecule has 1 aromatic carbocycles. The molecule has 1 aliphatic heterocycles. The Morgan fingerprint density at radius 2 is 1.63 bits per heavy atom. The number of carbonyl (C=O) groups is 2. The number of benzene rings is 1. The molecule has 0 fully saturated rings. The predicted molar refractivity (Wildman–Crippen MR) is 176 cm³/mol. The Balaban J connectivity index is 1.70. The van der Waals surface area contributed by atoms with Gasteiger partial charge in [-0.15, -0.1) is 0 Å². The number of nitrogens with zero attached hydrogens (tertiary/aromatic N) is 4. The maximum atomic E-state index is 13.7. The Kier molecular flexibility index (Phi) is 12.9. The standard InChI is InChI=1S/C34H40F6N6O5/c1-5-23-18-25(30-27(11-12-28(45-30)49-4)46(23)32(48)51-7-3)44-31-42-19-26(41-13-9-8-10-29(47)50-6-2)24(43-31)16-20-14-21(33(35,36)37)17-22(15-20)34(38,39)40/h11-12,14-15,17,19,23,25,41H,5-10,13,16,18H2,1-4H3,(H,42,43,44)/t23-,25+/m1/s1. The first kappa shape index (κ1) is 39.0. The highest BCUT2D eigenvalue weighted by Gasteiger charge is 2.39. The van der Waals surface area contributed by atoms with Crippen LogP contribution >= 0.6 is 0 Å². The predicted octanol–water partition coefficient (Wildman–Crippen LogP) is 7.95. The summed E-state index contributed by atoms with van der Waals surface area (Å²) in [5.74, 6) is -0.0524. The highest BCUT2D eigenvalue weighted by atomic mass is 19.4. The lowest BCUT2D eigenvalue weighted by molar-refractivity contribution is -0.144. The van der Waals surface area contributed by atoms with E-state index in [1.54, 1.807) is 26.0 Å². The minimum absolute atomic E-state index is 0.0286. The van der Waals surface area contributed by atoms with Crippen LogP contribution in [0.2, 0.25) is 0 Å². The second-order valence-corrected chi connectivity index (χ2v) is 11.7. The second-order valence-electron chi connectivity index (χ2n) is 11.7. The number of unbranched alkanes of at least 4 members (excludes halogenated alkanes) is 1. The zero-order valence-corrected chi connectivity index (χ0v) is 28.6. The van der Waals surface area contributed by atoms with Gasteiger partial charge in [0, 0.05) is 31.5 Å². The van der Waals surface area contributed by atoms with Gasteiger partial charge in [-0.25, -0.2) is 19.7 Å². The quantitative estimate of drug-likeness (QED) is 0.0960. The number of hydrogen-bond donors (Lipinski definition) is 2. The molecule has 17 heteroatoms. The number of esters is 1. The number of hydrogen-bond acceptors (Lipinski definition) is 10. The number of anilines is 3. The van der Waals surface area contributed by atoms with Crippen LogP contribution in [0.25, 0.3) is 0 Å². The number of carbonyl (C=O) groups excluding carboxylic acids is 2. The van der Waals surface area contributed by atoms with Gasteiger partial charge in [0.25, 0.3) is 0 Å². The Morgan fingerprint density at radius 1 is 0.941 bits per heavy atom. The van der Waals surface area contributed by atoms with Gasteiger partial charge in [-0.05, 0) is 69.4 Å². The van der Waals surface area contributed by atoms with Gasteiger partial charge in [0.15, 0.2) is 0 Å². The van der Waals surface area contributed by atoms with Gasteiger partial charge in [0.1, 0.15) is 0 Å². The van der Waals surface area contributed by atoms with Crippen LogP contribution in [0.3, 0.4) is 0 Å². The molecule has 0 bridgehead atoms. The summed E-state index contributed by atoms with van der Waals surface area (Å²) in [4.78, 5) is 39.8. The number of halogens is 6. The monoisotopic (exact) mass is 726 g/mol. The van der Waals surface area contributed by atoms with Crippen molar-refractivity contribution in [3.8, 4) is 5.88 Å². The molecule has 1 aliphatic rings. The van der Waals surface area contributed by atoms with Gasteiger partial charge in [-0.2, -0.15) is 26.3 Å². The van der Waals surface area contributed by atoms with Crippen LogP contribution in [-0.2, 0) is 33.0 Å². The summed E-state index contributed by atoms with van der Waals surface area (Å²) in [6, 6.07) is 3.78. The summed E-state index contributed by atoms with van der Waals surface area (Å²) in [6.07, 6.45) is -7.57. The van der Waals surface area contributed by atoms with Crippen molar-refractivity contribution < 1.29 is 50.1 Å². The first-order valence-electron chi connectivity index (χ1n) is 16.5. The van der Waals surface area contributed by atoms with Crippen molar-refractivity contribution in [1.29, 1.82) is 0 Å². The summed E-state index contributed by atoms with van der Waals surface area (Å²) in [6.45, 7) is 6.01. The third kappa shape index (κ3) is 10.1. The maximum Gasteiger partial charge on any atom is 0.416 e. The van der Waals surface area contributed by atoms with E-state index in [9.17, 15) is 35.9 Å². The molecule has 2 N–H and O–H groups in total. The maximum absolute atomic E-state index is 13.7. The number of alkyl halides is 6. The molecule has 51 heavy (non-hydrogen) atoms. The van der Waals surface area contributed by atoms with Gasteiger partial charge in [-0.3, -0.25) is 9.69 Å². The normalized spacial score (nSPS) is 15.9. The zero-order valence-electron chi connectivity index (χ0n) is 28.6. The number of rotatable bonds is 14. The lowest BCUT2D eigenvalue weighted by Gasteiger charge is -2.39. The van der Waals surface area contributed by atoms with Crippen LogP contribution in [0.4, 0.5) is 48.5 Å². The van der Waals surface area contributed by atoms with Crippen molar-refractivity contribution in [2.75, 3.05) is 42.4 Å². The van der Waals surface area contributed by atoms with E-state index in [2.05, 4.69) is 25.6 Å². The van der Waals surface area contributed by atoms with Crippen molar-refractivity contribution in [1.82, 2.24) is 15.0 Å². The van der Waals surface area contributed by atoms with Crippen molar-refractivity contribution in [3.05, 3.63) is 64.6 Å². The molecular formula is C34H40F6N6O5. The molecule has 0 spiro atoms. The number of methoxy groups -OCH3 is 1. The minimum Gasteiger partial charge on any atom is -0.481 e. The zero-order chi connectivity index (χ0) is 37.3. The summed E-state index contributed by atoms with van der Waals surface area (Å²) < 4.78 is 97.7. The number of pyridine rings is 1. The van der Waals surface area contributed by atoms with E-state index in [0.29, 0.717) is 55.7 Å². The van der Waals surface area contributed by atoms with E-state index in [1.165, 1.54) is 18.2 Å². The molecule has 0 saturated heterocycles. The first-order chi connectivity index (χ1) is 24.2. The SMILES string of the molecule is CCOC(=O)CCCCNc1cnc(N[C@H]2C[C@@H](CC)N(C(=O)OCC)c3ccc(OC)nc32)nc1Cc1cc(C(F)(F)F)cc(C(F)(F)F)c1. The highest BCUT2D eigenvalue weighted by Crippen LogP contribution is 2.41. The number of aromatic nitrogens is 3. The smallest absolute Gasteiger partial charge is 0.416 e. The van der Waals surface area contributed by atoms with Crippen LogP contribution in [-0.4, -0.2) is 59.9 Å². The fraction of sp³-hybridized carbons (Fsp3) is 0.500. The van der Waals surface area contributed by atoms with Crippen LogP contribution in [0.1, 0.15) is 87.0 Å². The third-order valence-electron chi connectivity index (χ3n) is 8.10. The fourth-order valence-electron chi connectivity index (χ4n) is 5.72. The summed E-state index contributed by atoms with van der Waals surface area (Å²) >= 11 is 0. The van der Waals surface area contributed by atoms with Crippen molar-refractivity contribution >= 4 is 29.4 Å². The lowest BCUT2D eigenvalue weighted by Crippen LogP contribution is -2.46. The van der Waals surface area contributed by atoms with Crippen molar-refractivity contribution in [2.45, 2.75) is 83.7 Å². The summed E-state index contributed by atoms with van der Waals surface area (Å²) in [5.41, 5.74) is -1.85. The van der Waals surface area contributed by atoms with Crippen LogP contribution in [0, 0.1) is 0 Å². The molecule has 3 aromatic rings. The Bertz CT molecular complexity index is 1640. The van der Waals surface area contributed by atoms with Crippen LogP contribution in [0.15, 0.2) is 36.5 Å². The Labute approximate surface area is 291 Å². The molecular weight excluding hydrogens is 686 g/mol. The van der Waals surface area contributed by atoms with Gasteiger partial charge in [0.05, 0.1) is 66.5 Å². The van der Waals surface area contributed by atoms with Crippen molar-refractivity contribution in [3.63, 3.8) is 0 Å². The molecule has 11 nitrogen and oxygen atoms in total. The van der Waals surface area contributed by atoms with Crippen LogP contribution < -0.4 is 20.3 Å². The molecule has 0 unspecified atom stereocenters. The summed E-state index contributed by atoms with van der Waals surface area (Å²) in [7, 11) is 1.44. The van der Waals surface area contributed by atoms with E-state index in [1.807, 2.05) is 6.92 Å². The largest absolute Gasteiger partial charge is 0.481 e. The van der Waals surface area contributed by atoms with Gasteiger partial charge >= 0.3 is 24.4 Å². The number of ether oxygens (including phenoxy) is 3. The molecule has 2 aromatic heterocycles. The molecule has 1 amide bonds. The minimum atomic E-state index is -5.02. The highest BCUT2D eigenvalue weighted by molar-refractivity contribution is 5.90. The first-order valence-corrected chi connectivity index (χ1v) is 16.5. The molecule has 2 atom stereocenters. The average Bonchev–Trinajstić information content (AvgIpc) is 3.07. The topological polar surface area (TPSA) is 128 Å². The van der Waals surface area contributed by atoms with E-state index < -0.39 is 42.0 Å². The molecule has 4 rings (SSSR count). The van der Waals surface area contributed by atoms with E-state index in [0.717, 1.165) is 0 Å². The van der Waals surface area contributed by atoms with Gasteiger partial charge in [0.2, 0.25) is 11.8 Å². The lowest BCUT2D eigenvalue weighted by atomic mass is 9.93. The summed E-state index contributed by atoms with van der Waals surface area (Å²) in [5, 5.41) is 6.31. The Hall–Kier alpha value is -4.83. The van der Waals surface area contributed by atoms with Gasteiger partial charge < -0.3 is 24.8 Å². The van der Waals surface area contributed by atoms with E-state index in [-0.39, 0.29) is 66.5 Å². The van der Waals surface area contributed by atoms with E-state index in [4.69, 9.17) is 14.2 Å². The molecule has 278 valence electrons. The van der Waals surface area contributed by atoms with Crippen molar-refractivity contribution in [2.24, 2.45) is 0 Å². The average molecular weight is 727 g/mol. The van der Waals surface area contributed by atoms with Gasteiger partial charge in [-0.1, -0.05) is 6.92 Å². The fourth-order valence-corrected chi connectivity index (χ4v) is 5.72.